The zero-order valence-corrected chi connectivity index (χ0v) is 13.2. The van der Waals surface area contributed by atoms with Crippen LogP contribution in [0.5, 0.6) is 0 Å². The molecule has 1 N–H and O–H groups in total. The minimum Gasteiger partial charge on any atom is -0.378 e. The second-order valence-corrected chi connectivity index (χ2v) is 6.06. The first kappa shape index (κ1) is 14.4. The standard InChI is InChI=1S/C17H20N4O2/c1-2-13-8-11(5-7-22-13)17-20-15(21-23-17)9-12-10-19-16-14(12)4-3-6-18-16/h3-4,6,10-11,13H,2,5,7-9H2,1H3,(H,18,19). The van der Waals surface area contributed by atoms with Gasteiger partial charge in [0.1, 0.15) is 5.65 Å². The predicted octanol–water partition coefficient (Wildman–Crippen LogP) is 3.21. The molecule has 0 spiro atoms. The summed E-state index contributed by atoms with van der Waals surface area (Å²) in [6.45, 7) is 2.92. The summed E-state index contributed by atoms with van der Waals surface area (Å²) in [6.07, 6.45) is 7.66. The molecular formula is C17H20N4O2. The third kappa shape index (κ3) is 2.86. The number of rotatable bonds is 4. The van der Waals surface area contributed by atoms with Gasteiger partial charge in [0, 0.05) is 36.7 Å². The van der Waals surface area contributed by atoms with Gasteiger partial charge >= 0.3 is 0 Å². The average molecular weight is 312 g/mol. The molecule has 120 valence electrons. The SMILES string of the molecule is CCC1CC(c2nc(Cc3c[nH]c4ncccc34)no2)CCO1. The van der Waals surface area contributed by atoms with Crippen molar-refractivity contribution in [3.8, 4) is 0 Å². The van der Waals surface area contributed by atoms with Crippen molar-refractivity contribution in [1.29, 1.82) is 0 Å². The Morgan fingerprint density at radius 1 is 1.39 bits per heavy atom. The van der Waals surface area contributed by atoms with E-state index in [-0.39, 0.29) is 0 Å². The van der Waals surface area contributed by atoms with Gasteiger partial charge in [-0.15, -0.1) is 0 Å². The first-order valence-corrected chi connectivity index (χ1v) is 8.18. The Hall–Kier alpha value is -2.21. The summed E-state index contributed by atoms with van der Waals surface area (Å²) in [5, 5.41) is 5.27. The van der Waals surface area contributed by atoms with Crippen molar-refractivity contribution in [1.82, 2.24) is 20.1 Å². The fourth-order valence-corrected chi connectivity index (χ4v) is 3.22. The molecule has 1 fully saturated rings. The molecule has 3 aromatic rings. The summed E-state index contributed by atoms with van der Waals surface area (Å²) in [7, 11) is 0. The van der Waals surface area contributed by atoms with Crippen LogP contribution in [-0.4, -0.2) is 32.8 Å². The lowest BCUT2D eigenvalue weighted by atomic mass is 9.94. The van der Waals surface area contributed by atoms with E-state index in [1.54, 1.807) is 6.20 Å². The molecule has 1 aliphatic rings. The molecule has 0 saturated carbocycles. The van der Waals surface area contributed by atoms with Gasteiger partial charge in [0.25, 0.3) is 0 Å². The summed E-state index contributed by atoms with van der Waals surface area (Å²) in [5.74, 6) is 1.79. The lowest BCUT2D eigenvalue weighted by Gasteiger charge is -2.26. The monoisotopic (exact) mass is 312 g/mol. The smallest absolute Gasteiger partial charge is 0.229 e. The number of ether oxygens (including phenoxy) is 1. The van der Waals surface area contributed by atoms with Crippen LogP contribution in [0.25, 0.3) is 11.0 Å². The summed E-state index contributed by atoms with van der Waals surface area (Å²) in [5.41, 5.74) is 2.03. The summed E-state index contributed by atoms with van der Waals surface area (Å²) in [4.78, 5) is 12.1. The van der Waals surface area contributed by atoms with Crippen LogP contribution in [0.4, 0.5) is 0 Å². The summed E-state index contributed by atoms with van der Waals surface area (Å²) in [6, 6.07) is 3.99. The molecule has 1 aliphatic heterocycles. The van der Waals surface area contributed by atoms with E-state index in [2.05, 4.69) is 33.1 Å². The Morgan fingerprint density at radius 3 is 3.26 bits per heavy atom. The quantitative estimate of drug-likeness (QED) is 0.800. The van der Waals surface area contributed by atoms with Crippen LogP contribution in [0.3, 0.4) is 0 Å². The van der Waals surface area contributed by atoms with Crippen molar-refractivity contribution in [2.24, 2.45) is 0 Å². The van der Waals surface area contributed by atoms with Gasteiger partial charge in [-0.05, 0) is 37.0 Å². The van der Waals surface area contributed by atoms with Crippen LogP contribution in [0.2, 0.25) is 0 Å². The highest BCUT2D eigenvalue weighted by molar-refractivity contribution is 5.79. The van der Waals surface area contributed by atoms with Crippen molar-refractivity contribution in [3.05, 3.63) is 41.8 Å². The van der Waals surface area contributed by atoms with Gasteiger partial charge in [-0.25, -0.2) is 4.98 Å². The van der Waals surface area contributed by atoms with Crippen molar-refractivity contribution < 1.29 is 9.26 Å². The van der Waals surface area contributed by atoms with Crippen molar-refractivity contribution in [3.63, 3.8) is 0 Å². The molecule has 23 heavy (non-hydrogen) atoms. The van der Waals surface area contributed by atoms with E-state index in [1.807, 2.05) is 12.3 Å². The van der Waals surface area contributed by atoms with E-state index in [1.165, 1.54) is 0 Å². The molecule has 0 aromatic carbocycles. The van der Waals surface area contributed by atoms with Gasteiger partial charge in [0.05, 0.1) is 6.10 Å². The number of nitrogens with zero attached hydrogens (tertiary/aromatic N) is 3. The Morgan fingerprint density at radius 2 is 2.35 bits per heavy atom. The second kappa shape index (κ2) is 6.12. The van der Waals surface area contributed by atoms with Crippen LogP contribution in [0, 0.1) is 0 Å². The highest BCUT2D eigenvalue weighted by Gasteiger charge is 2.27. The van der Waals surface area contributed by atoms with Crippen LogP contribution in [-0.2, 0) is 11.2 Å². The zero-order valence-electron chi connectivity index (χ0n) is 13.2. The van der Waals surface area contributed by atoms with E-state index in [4.69, 9.17) is 9.26 Å². The Kier molecular flexibility index (Phi) is 3.83. The van der Waals surface area contributed by atoms with Gasteiger partial charge in [-0.2, -0.15) is 4.98 Å². The minimum atomic E-state index is 0.309. The fraction of sp³-hybridized carbons (Fsp3) is 0.471. The maximum Gasteiger partial charge on any atom is 0.229 e. The lowest BCUT2D eigenvalue weighted by Crippen LogP contribution is -2.24. The van der Waals surface area contributed by atoms with Crippen LogP contribution >= 0.6 is 0 Å². The number of aromatic nitrogens is 4. The van der Waals surface area contributed by atoms with Gasteiger partial charge in [-0.3, -0.25) is 0 Å². The molecule has 0 amide bonds. The molecule has 0 radical (unpaired) electrons. The van der Waals surface area contributed by atoms with E-state index in [0.717, 1.165) is 54.2 Å². The number of hydrogen-bond acceptors (Lipinski definition) is 5. The maximum absolute atomic E-state index is 5.72. The minimum absolute atomic E-state index is 0.309. The summed E-state index contributed by atoms with van der Waals surface area (Å²) < 4.78 is 11.2. The molecule has 2 unspecified atom stereocenters. The highest BCUT2D eigenvalue weighted by atomic mass is 16.5. The predicted molar refractivity (Wildman–Crippen MR) is 85.2 cm³/mol. The maximum atomic E-state index is 5.72. The Balaban J connectivity index is 1.52. The van der Waals surface area contributed by atoms with E-state index >= 15 is 0 Å². The molecular weight excluding hydrogens is 292 g/mol. The number of nitrogens with one attached hydrogen (secondary N) is 1. The Labute approximate surface area is 134 Å². The van der Waals surface area contributed by atoms with E-state index in [9.17, 15) is 0 Å². The largest absolute Gasteiger partial charge is 0.378 e. The van der Waals surface area contributed by atoms with E-state index in [0.29, 0.717) is 18.4 Å². The molecule has 3 aromatic heterocycles. The number of H-pyrrole nitrogens is 1. The number of pyridine rings is 1. The molecule has 6 heteroatoms. The first-order chi connectivity index (χ1) is 11.3. The van der Waals surface area contributed by atoms with Gasteiger partial charge in [-0.1, -0.05) is 12.1 Å². The van der Waals surface area contributed by atoms with E-state index < -0.39 is 0 Å². The van der Waals surface area contributed by atoms with Crippen LogP contribution < -0.4 is 0 Å². The number of aromatic amines is 1. The molecule has 4 rings (SSSR count). The third-order valence-corrected chi connectivity index (χ3v) is 4.54. The molecule has 0 bridgehead atoms. The number of hydrogen-bond donors (Lipinski definition) is 1. The first-order valence-electron chi connectivity index (χ1n) is 8.18. The van der Waals surface area contributed by atoms with Crippen LogP contribution in [0.1, 0.15) is 49.4 Å². The average Bonchev–Trinajstić information content (AvgIpc) is 3.23. The van der Waals surface area contributed by atoms with Crippen molar-refractivity contribution in [2.45, 2.75) is 44.6 Å². The highest BCUT2D eigenvalue weighted by Crippen LogP contribution is 2.30. The van der Waals surface area contributed by atoms with Crippen molar-refractivity contribution in [2.75, 3.05) is 6.61 Å². The van der Waals surface area contributed by atoms with Crippen molar-refractivity contribution >= 4 is 11.0 Å². The second-order valence-electron chi connectivity index (χ2n) is 6.06. The zero-order chi connectivity index (χ0) is 15.6. The van der Waals surface area contributed by atoms with Crippen LogP contribution in [0.15, 0.2) is 29.0 Å². The molecule has 6 nitrogen and oxygen atoms in total. The number of fused-ring (bicyclic) bond motifs is 1. The molecule has 2 atom stereocenters. The molecule has 0 aliphatic carbocycles. The van der Waals surface area contributed by atoms with Gasteiger partial charge in [0.2, 0.25) is 5.89 Å². The fourth-order valence-electron chi connectivity index (χ4n) is 3.22. The topological polar surface area (TPSA) is 76.8 Å². The molecule has 4 heterocycles. The lowest BCUT2D eigenvalue weighted by molar-refractivity contribution is 0.0000982. The third-order valence-electron chi connectivity index (χ3n) is 4.54. The summed E-state index contributed by atoms with van der Waals surface area (Å²) >= 11 is 0. The Bertz CT molecular complexity index is 795. The molecule has 1 saturated heterocycles. The van der Waals surface area contributed by atoms with Gasteiger partial charge in [0.15, 0.2) is 5.82 Å². The van der Waals surface area contributed by atoms with Gasteiger partial charge < -0.3 is 14.2 Å². The normalized spacial score (nSPS) is 21.8.